The van der Waals surface area contributed by atoms with Gasteiger partial charge in [-0.1, -0.05) is 0 Å². The molecule has 0 saturated carbocycles. The van der Waals surface area contributed by atoms with Crippen LogP contribution in [0.1, 0.15) is 12.8 Å². The SMILES string of the molecule is O=C(CNCC1CCCO1)N1CCN(CC(=O)N2CCOCC2)CC1. The number of carbonyl (C=O) groups is 2. The maximum absolute atomic E-state index is 12.3. The normalized spacial score (nSPS) is 25.4. The van der Waals surface area contributed by atoms with Gasteiger partial charge in [0, 0.05) is 52.4 Å². The van der Waals surface area contributed by atoms with Crippen LogP contribution in [0.3, 0.4) is 0 Å². The quantitative estimate of drug-likeness (QED) is 0.643. The Balaban J connectivity index is 1.30. The van der Waals surface area contributed by atoms with E-state index < -0.39 is 0 Å². The van der Waals surface area contributed by atoms with Crippen molar-refractivity contribution in [3.05, 3.63) is 0 Å². The Bertz CT molecular complexity index is 442. The van der Waals surface area contributed by atoms with Gasteiger partial charge in [-0.2, -0.15) is 0 Å². The van der Waals surface area contributed by atoms with E-state index in [9.17, 15) is 9.59 Å². The summed E-state index contributed by atoms with van der Waals surface area (Å²) in [5.41, 5.74) is 0. The Labute approximate surface area is 149 Å². The molecule has 3 rings (SSSR count). The molecular formula is C17H30N4O4. The molecule has 0 radical (unpaired) electrons. The number of rotatable bonds is 6. The third kappa shape index (κ3) is 5.64. The monoisotopic (exact) mass is 354 g/mol. The molecule has 2 amide bonds. The summed E-state index contributed by atoms with van der Waals surface area (Å²) in [4.78, 5) is 30.4. The molecule has 25 heavy (non-hydrogen) atoms. The summed E-state index contributed by atoms with van der Waals surface area (Å²) in [6.07, 6.45) is 2.46. The van der Waals surface area contributed by atoms with Crippen LogP contribution in [0.4, 0.5) is 0 Å². The summed E-state index contributed by atoms with van der Waals surface area (Å²) >= 11 is 0. The van der Waals surface area contributed by atoms with E-state index in [0.717, 1.165) is 39.1 Å². The number of morpholine rings is 1. The van der Waals surface area contributed by atoms with E-state index in [1.165, 1.54) is 0 Å². The predicted molar refractivity (Wildman–Crippen MR) is 92.3 cm³/mol. The fourth-order valence-electron chi connectivity index (χ4n) is 3.52. The molecule has 1 unspecified atom stereocenters. The number of amides is 2. The summed E-state index contributed by atoms with van der Waals surface area (Å²) < 4.78 is 10.8. The second-order valence-electron chi connectivity index (χ2n) is 6.92. The number of nitrogens with one attached hydrogen (secondary N) is 1. The average molecular weight is 354 g/mol. The van der Waals surface area contributed by atoms with Gasteiger partial charge in [0.05, 0.1) is 32.4 Å². The highest BCUT2D eigenvalue weighted by molar-refractivity contribution is 5.79. The van der Waals surface area contributed by atoms with Crippen molar-refractivity contribution < 1.29 is 19.1 Å². The van der Waals surface area contributed by atoms with Crippen LogP contribution in [0.5, 0.6) is 0 Å². The minimum atomic E-state index is 0.136. The molecule has 3 aliphatic heterocycles. The molecule has 8 nitrogen and oxygen atoms in total. The average Bonchev–Trinajstić information content (AvgIpc) is 3.16. The largest absolute Gasteiger partial charge is 0.378 e. The van der Waals surface area contributed by atoms with Crippen LogP contribution in [-0.4, -0.2) is 111 Å². The van der Waals surface area contributed by atoms with Gasteiger partial charge in [-0.3, -0.25) is 14.5 Å². The number of hydrogen-bond donors (Lipinski definition) is 1. The molecule has 3 fully saturated rings. The first kappa shape index (κ1) is 18.6. The van der Waals surface area contributed by atoms with Crippen LogP contribution in [0, 0.1) is 0 Å². The van der Waals surface area contributed by atoms with Crippen molar-refractivity contribution in [3.63, 3.8) is 0 Å². The topological polar surface area (TPSA) is 74.4 Å². The van der Waals surface area contributed by atoms with Gasteiger partial charge < -0.3 is 24.6 Å². The molecule has 0 aromatic rings. The molecule has 1 atom stereocenters. The molecule has 0 spiro atoms. The van der Waals surface area contributed by atoms with Gasteiger partial charge in [0.15, 0.2) is 0 Å². The molecule has 0 bridgehead atoms. The minimum Gasteiger partial charge on any atom is -0.378 e. The lowest BCUT2D eigenvalue weighted by atomic mass is 10.2. The summed E-state index contributed by atoms with van der Waals surface area (Å²) in [6, 6.07) is 0. The van der Waals surface area contributed by atoms with Gasteiger partial charge >= 0.3 is 0 Å². The molecule has 3 heterocycles. The Morgan fingerprint density at radius 3 is 2.32 bits per heavy atom. The molecule has 1 N–H and O–H groups in total. The summed E-state index contributed by atoms with van der Waals surface area (Å²) in [5, 5.41) is 3.21. The van der Waals surface area contributed by atoms with Crippen molar-refractivity contribution in [2.75, 3.05) is 78.7 Å². The number of ether oxygens (including phenoxy) is 2. The van der Waals surface area contributed by atoms with E-state index >= 15 is 0 Å². The van der Waals surface area contributed by atoms with Crippen LogP contribution in [0.25, 0.3) is 0 Å². The van der Waals surface area contributed by atoms with Crippen molar-refractivity contribution in [1.82, 2.24) is 20.0 Å². The zero-order valence-corrected chi connectivity index (χ0v) is 15.0. The summed E-state index contributed by atoms with van der Waals surface area (Å²) in [7, 11) is 0. The highest BCUT2D eigenvalue weighted by Gasteiger charge is 2.25. The zero-order valence-electron chi connectivity index (χ0n) is 15.0. The highest BCUT2D eigenvalue weighted by Crippen LogP contribution is 2.10. The number of piperazine rings is 1. The Hall–Kier alpha value is -1.22. The van der Waals surface area contributed by atoms with Crippen LogP contribution < -0.4 is 5.32 Å². The first-order chi connectivity index (χ1) is 12.2. The van der Waals surface area contributed by atoms with Crippen molar-refractivity contribution in [2.45, 2.75) is 18.9 Å². The van der Waals surface area contributed by atoms with Crippen molar-refractivity contribution >= 4 is 11.8 Å². The zero-order chi connectivity index (χ0) is 17.5. The fraction of sp³-hybridized carbons (Fsp3) is 0.882. The first-order valence-electron chi connectivity index (χ1n) is 9.40. The van der Waals surface area contributed by atoms with E-state index in [2.05, 4.69) is 10.2 Å². The molecule has 8 heteroatoms. The van der Waals surface area contributed by atoms with E-state index in [1.54, 1.807) is 0 Å². The van der Waals surface area contributed by atoms with Crippen LogP contribution >= 0.6 is 0 Å². The number of nitrogens with zero attached hydrogens (tertiary/aromatic N) is 3. The molecular weight excluding hydrogens is 324 g/mol. The third-order valence-electron chi connectivity index (χ3n) is 5.12. The van der Waals surface area contributed by atoms with Gasteiger partial charge in [-0.05, 0) is 12.8 Å². The minimum absolute atomic E-state index is 0.136. The lowest BCUT2D eigenvalue weighted by molar-refractivity contribution is -0.137. The molecule has 0 aliphatic carbocycles. The Kier molecular flexibility index (Phi) is 7.03. The summed E-state index contributed by atoms with van der Waals surface area (Å²) in [5.74, 6) is 0.304. The smallest absolute Gasteiger partial charge is 0.236 e. The number of carbonyl (C=O) groups excluding carboxylic acids is 2. The lowest BCUT2D eigenvalue weighted by Crippen LogP contribution is -2.54. The fourth-order valence-corrected chi connectivity index (χ4v) is 3.52. The van der Waals surface area contributed by atoms with Crippen molar-refractivity contribution in [1.29, 1.82) is 0 Å². The number of hydrogen-bond acceptors (Lipinski definition) is 6. The van der Waals surface area contributed by atoms with E-state index in [1.807, 2.05) is 9.80 Å². The molecule has 3 aliphatic rings. The molecule has 0 aromatic carbocycles. The van der Waals surface area contributed by atoms with Gasteiger partial charge in [-0.15, -0.1) is 0 Å². The second-order valence-corrected chi connectivity index (χ2v) is 6.92. The molecule has 3 saturated heterocycles. The van der Waals surface area contributed by atoms with E-state index in [-0.39, 0.29) is 17.9 Å². The van der Waals surface area contributed by atoms with Gasteiger partial charge in [0.2, 0.25) is 11.8 Å². The molecule has 142 valence electrons. The lowest BCUT2D eigenvalue weighted by Gasteiger charge is -2.36. The molecule has 0 aromatic heterocycles. The van der Waals surface area contributed by atoms with Crippen LogP contribution in [0.2, 0.25) is 0 Å². The third-order valence-corrected chi connectivity index (χ3v) is 5.12. The van der Waals surface area contributed by atoms with Gasteiger partial charge in [-0.25, -0.2) is 0 Å². The second kappa shape index (κ2) is 9.47. The van der Waals surface area contributed by atoms with Crippen molar-refractivity contribution in [3.8, 4) is 0 Å². The van der Waals surface area contributed by atoms with E-state index in [0.29, 0.717) is 52.5 Å². The van der Waals surface area contributed by atoms with Gasteiger partial charge in [0.1, 0.15) is 0 Å². The Morgan fingerprint density at radius 1 is 0.920 bits per heavy atom. The Morgan fingerprint density at radius 2 is 1.64 bits per heavy atom. The maximum atomic E-state index is 12.3. The van der Waals surface area contributed by atoms with Crippen LogP contribution in [0.15, 0.2) is 0 Å². The first-order valence-corrected chi connectivity index (χ1v) is 9.40. The highest BCUT2D eigenvalue weighted by atomic mass is 16.5. The summed E-state index contributed by atoms with van der Waals surface area (Å²) in [6.45, 7) is 7.94. The van der Waals surface area contributed by atoms with E-state index in [4.69, 9.17) is 9.47 Å². The van der Waals surface area contributed by atoms with Gasteiger partial charge in [0.25, 0.3) is 0 Å². The van der Waals surface area contributed by atoms with Crippen molar-refractivity contribution in [2.24, 2.45) is 0 Å². The standard InChI is InChI=1S/C17H30N4O4/c22-16(13-18-12-15-2-1-9-25-15)20-5-3-19(4-6-20)14-17(23)21-7-10-24-11-8-21/h15,18H,1-14H2. The predicted octanol–water partition coefficient (Wildman–Crippen LogP) is -1.24. The maximum Gasteiger partial charge on any atom is 0.236 e. The van der Waals surface area contributed by atoms with Crippen LogP contribution in [-0.2, 0) is 19.1 Å².